The summed E-state index contributed by atoms with van der Waals surface area (Å²) >= 11 is 0. The van der Waals surface area contributed by atoms with Crippen molar-refractivity contribution in [2.45, 2.75) is 25.8 Å². The van der Waals surface area contributed by atoms with E-state index < -0.39 is 0 Å². The first-order chi connectivity index (χ1) is 9.34. The van der Waals surface area contributed by atoms with Gasteiger partial charge in [-0.25, -0.2) is 4.99 Å². The fourth-order valence-corrected chi connectivity index (χ4v) is 2.34. The lowest BCUT2D eigenvalue weighted by Crippen LogP contribution is -2.34. The number of aliphatic imine (C=N–C) groups is 1. The van der Waals surface area contributed by atoms with E-state index in [1.54, 1.807) is 0 Å². The van der Waals surface area contributed by atoms with Gasteiger partial charge in [-0.3, -0.25) is 0 Å². The number of hydrogen-bond donors (Lipinski definition) is 2. The maximum Gasteiger partial charge on any atom is 0.188 e. The monoisotopic (exact) mass is 296 g/mol. The van der Waals surface area contributed by atoms with Crippen molar-refractivity contribution in [3.63, 3.8) is 0 Å². The van der Waals surface area contributed by atoms with Crippen molar-refractivity contribution < 1.29 is 0 Å². The molecule has 0 atom stereocenters. The van der Waals surface area contributed by atoms with Gasteiger partial charge in [0.1, 0.15) is 0 Å². The molecule has 0 spiro atoms. The number of nitrogens with one attached hydrogen (secondary N) is 1. The Morgan fingerprint density at radius 3 is 2.60 bits per heavy atom. The van der Waals surface area contributed by atoms with Gasteiger partial charge in [-0.2, -0.15) is 0 Å². The smallest absolute Gasteiger partial charge is 0.188 e. The Hall–Kier alpha value is -1.26. The van der Waals surface area contributed by atoms with Crippen molar-refractivity contribution >= 4 is 18.4 Å². The van der Waals surface area contributed by atoms with Crippen molar-refractivity contribution in [2.75, 3.05) is 26.2 Å². The molecule has 1 aliphatic heterocycles. The van der Waals surface area contributed by atoms with Gasteiger partial charge in [-0.05, 0) is 44.5 Å². The van der Waals surface area contributed by atoms with Gasteiger partial charge >= 0.3 is 0 Å². The summed E-state index contributed by atoms with van der Waals surface area (Å²) in [7, 11) is 0. The minimum atomic E-state index is 0. The van der Waals surface area contributed by atoms with Gasteiger partial charge in [-0.1, -0.05) is 30.3 Å². The molecule has 1 heterocycles. The van der Waals surface area contributed by atoms with Gasteiger partial charge < -0.3 is 16.0 Å². The molecule has 0 amide bonds. The number of nitrogens with zero attached hydrogens (tertiary/aromatic N) is 2. The molecular weight excluding hydrogens is 272 g/mol. The normalized spacial score (nSPS) is 15.9. The highest BCUT2D eigenvalue weighted by Gasteiger charge is 2.09. The fraction of sp³-hybridized carbons (Fsp3) is 0.533. The van der Waals surface area contributed by atoms with E-state index in [1.807, 2.05) is 18.2 Å². The molecule has 1 aliphatic rings. The number of rotatable bonds is 6. The standard InChI is InChI=1S/C15H24N4.ClH/c16-15(18-13-14-7-2-1-3-8-14)17-9-6-12-19-10-4-5-11-19;/h1-3,7-8H,4-6,9-13H2,(H3,16,17,18);1H. The molecule has 2 rings (SSSR count). The second-order valence-corrected chi connectivity index (χ2v) is 5.02. The number of nitrogens with two attached hydrogens (primary N) is 1. The minimum Gasteiger partial charge on any atom is -0.370 e. The minimum absolute atomic E-state index is 0. The summed E-state index contributed by atoms with van der Waals surface area (Å²) in [5, 5.41) is 3.18. The van der Waals surface area contributed by atoms with Crippen molar-refractivity contribution in [3.8, 4) is 0 Å². The second kappa shape index (κ2) is 9.61. The SMILES string of the molecule is Cl.NC(=NCc1ccccc1)NCCCN1CCCC1. The van der Waals surface area contributed by atoms with E-state index in [0.717, 1.165) is 13.0 Å². The number of likely N-dealkylation sites (tertiary alicyclic amines) is 1. The molecule has 0 radical (unpaired) electrons. The Labute approximate surface area is 127 Å². The zero-order valence-electron chi connectivity index (χ0n) is 11.9. The van der Waals surface area contributed by atoms with E-state index in [9.17, 15) is 0 Å². The Kier molecular flexibility index (Phi) is 8.07. The summed E-state index contributed by atoms with van der Waals surface area (Å²) in [6.45, 7) is 5.24. The quantitative estimate of drug-likeness (QED) is 0.480. The largest absolute Gasteiger partial charge is 0.370 e. The third-order valence-electron chi connectivity index (χ3n) is 3.43. The summed E-state index contributed by atoms with van der Waals surface area (Å²) in [6, 6.07) is 10.2. The molecule has 0 saturated carbocycles. The molecule has 0 unspecified atom stereocenters. The maximum absolute atomic E-state index is 5.84. The van der Waals surface area contributed by atoms with Crippen molar-refractivity contribution in [1.82, 2.24) is 10.2 Å². The molecule has 0 bridgehead atoms. The third kappa shape index (κ3) is 6.26. The zero-order valence-corrected chi connectivity index (χ0v) is 12.7. The Morgan fingerprint density at radius 1 is 1.20 bits per heavy atom. The Bertz CT molecular complexity index is 388. The third-order valence-corrected chi connectivity index (χ3v) is 3.43. The van der Waals surface area contributed by atoms with Crippen molar-refractivity contribution in [2.24, 2.45) is 10.7 Å². The van der Waals surface area contributed by atoms with E-state index in [-0.39, 0.29) is 12.4 Å². The molecule has 1 aromatic carbocycles. The first-order valence-corrected chi connectivity index (χ1v) is 7.14. The lowest BCUT2D eigenvalue weighted by Gasteiger charge is -2.14. The van der Waals surface area contributed by atoms with Crippen LogP contribution >= 0.6 is 12.4 Å². The van der Waals surface area contributed by atoms with Crippen LogP contribution < -0.4 is 11.1 Å². The van der Waals surface area contributed by atoms with Gasteiger partial charge in [0.05, 0.1) is 6.54 Å². The van der Waals surface area contributed by atoms with Gasteiger partial charge in [0.15, 0.2) is 5.96 Å². The van der Waals surface area contributed by atoms with Crippen LogP contribution in [0, 0.1) is 0 Å². The van der Waals surface area contributed by atoms with Crippen LogP contribution in [0.5, 0.6) is 0 Å². The summed E-state index contributed by atoms with van der Waals surface area (Å²) in [5.41, 5.74) is 7.03. The van der Waals surface area contributed by atoms with Crippen LogP contribution in [-0.2, 0) is 6.54 Å². The Morgan fingerprint density at radius 2 is 1.90 bits per heavy atom. The van der Waals surface area contributed by atoms with Gasteiger partial charge in [0.25, 0.3) is 0 Å². The highest BCUT2D eigenvalue weighted by atomic mass is 35.5. The summed E-state index contributed by atoms with van der Waals surface area (Å²) in [4.78, 5) is 6.85. The van der Waals surface area contributed by atoms with Crippen molar-refractivity contribution in [3.05, 3.63) is 35.9 Å². The molecule has 1 saturated heterocycles. The van der Waals surface area contributed by atoms with Crippen LogP contribution in [0.2, 0.25) is 0 Å². The molecule has 1 fully saturated rings. The molecule has 0 aromatic heterocycles. The molecule has 5 heteroatoms. The highest BCUT2D eigenvalue weighted by Crippen LogP contribution is 2.06. The van der Waals surface area contributed by atoms with Crippen LogP contribution in [0.1, 0.15) is 24.8 Å². The summed E-state index contributed by atoms with van der Waals surface area (Å²) < 4.78 is 0. The van der Waals surface area contributed by atoms with Gasteiger partial charge in [0.2, 0.25) is 0 Å². The van der Waals surface area contributed by atoms with Crippen LogP contribution in [0.3, 0.4) is 0 Å². The number of hydrogen-bond acceptors (Lipinski definition) is 2. The first-order valence-electron chi connectivity index (χ1n) is 7.14. The number of halogens is 1. The molecule has 112 valence electrons. The molecule has 4 nitrogen and oxygen atoms in total. The molecule has 1 aromatic rings. The number of benzene rings is 1. The van der Waals surface area contributed by atoms with E-state index in [0.29, 0.717) is 12.5 Å². The maximum atomic E-state index is 5.84. The van der Waals surface area contributed by atoms with Crippen LogP contribution in [0.15, 0.2) is 35.3 Å². The summed E-state index contributed by atoms with van der Waals surface area (Å²) in [5.74, 6) is 0.547. The predicted molar refractivity (Wildman–Crippen MR) is 87.3 cm³/mol. The molecule has 0 aliphatic carbocycles. The average Bonchev–Trinajstić information content (AvgIpc) is 2.96. The molecular formula is C15H25ClN4. The zero-order chi connectivity index (χ0) is 13.3. The average molecular weight is 297 g/mol. The fourth-order valence-electron chi connectivity index (χ4n) is 2.34. The summed E-state index contributed by atoms with van der Waals surface area (Å²) in [6.07, 6.45) is 3.84. The first kappa shape index (κ1) is 16.8. The second-order valence-electron chi connectivity index (χ2n) is 5.02. The number of guanidine groups is 1. The van der Waals surface area contributed by atoms with E-state index in [4.69, 9.17) is 5.73 Å². The van der Waals surface area contributed by atoms with E-state index in [1.165, 1.54) is 38.0 Å². The molecule has 3 N–H and O–H groups in total. The van der Waals surface area contributed by atoms with E-state index in [2.05, 4.69) is 27.3 Å². The van der Waals surface area contributed by atoms with E-state index >= 15 is 0 Å². The highest BCUT2D eigenvalue weighted by molar-refractivity contribution is 5.85. The van der Waals surface area contributed by atoms with Gasteiger partial charge in [0, 0.05) is 6.54 Å². The van der Waals surface area contributed by atoms with Crippen molar-refractivity contribution in [1.29, 1.82) is 0 Å². The van der Waals surface area contributed by atoms with Crippen LogP contribution in [0.4, 0.5) is 0 Å². The molecule has 20 heavy (non-hydrogen) atoms. The Balaban J connectivity index is 0.00000200. The lowest BCUT2D eigenvalue weighted by molar-refractivity contribution is 0.334. The van der Waals surface area contributed by atoms with Crippen LogP contribution in [-0.4, -0.2) is 37.0 Å². The predicted octanol–water partition coefficient (Wildman–Crippen LogP) is 2.00. The lowest BCUT2D eigenvalue weighted by atomic mass is 10.2. The van der Waals surface area contributed by atoms with Gasteiger partial charge in [-0.15, -0.1) is 12.4 Å². The van der Waals surface area contributed by atoms with Crippen LogP contribution in [0.25, 0.3) is 0 Å². The topological polar surface area (TPSA) is 53.6 Å².